The molecule has 0 bridgehead atoms. The van der Waals surface area contributed by atoms with Gasteiger partial charge in [0.25, 0.3) is 23.6 Å². The molecule has 2 aliphatic heterocycles. The Morgan fingerprint density at radius 3 is 1.29 bits per heavy atom. The standard InChI is InChI=1S/C23H18N2O6/c1-14-11-16(24-20(26)7-8-21(24)27)3-5-18(14)30-13-31-19-6-4-17(12-15(19)2)25-22(28)9-10-23(25)29/h3-12H,13H2,1-2H3. The minimum absolute atomic E-state index is 0.0768. The van der Waals surface area contributed by atoms with Crippen molar-refractivity contribution in [1.29, 1.82) is 0 Å². The highest BCUT2D eigenvalue weighted by Crippen LogP contribution is 2.28. The Labute approximate surface area is 178 Å². The SMILES string of the molecule is Cc1cc(N2C(=O)C=CC2=O)ccc1OCOc1ccc(N2C(=O)C=CC2=O)cc1C. The van der Waals surface area contributed by atoms with Crippen LogP contribution in [-0.2, 0) is 19.2 Å². The zero-order chi connectivity index (χ0) is 22.1. The number of aryl methyl sites for hydroxylation is 2. The molecule has 0 fully saturated rings. The molecule has 0 saturated heterocycles. The van der Waals surface area contributed by atoms with E-state index in [1.165, 1.54) is 24.3 Å². The fourth-order valence-corrected chi connectivity index (χ4v) is 3.34. The Balaban J connectivity index is 1.39. The third-order valence-electron chi connectivity index (χ3n) is 4.88. The van der Waals surface area contributed by atoms with Crippen molar-refractivity contribution in [2.24, 2.45) is 0 Å². The van der Waals surface area contributed by atoms with Crippen LogP contribution in [0.2, 0.25) is 0 Å². The molecule has 0 aromatic heterocycles. The molecule has 0 aliphatic carbocycles. The number of amides is 4. The molecule has 156 valence electrons. The molecule has 31 heavy (non-hydrogen) atoms. The van der Waals surface area contributed by atoms with Crippen molar-refractivity contribution < 1.29 is 28.7 Å². The summed E-state index contributed by atoms with van der Waals surface area (Å²) < 4.78 is 11.4. The predicted octanol–water partition coefficient (Wildman–Crippen LogP) is 2.58. The maximum atomic E-state index is 11.8. The van der Waals surface area contributed by atoms with Crippen LogP contribution in [0.15, 0.2) is 60.7 Å². The smallest absolute Gasteiger partial charge is 0.258 e. The van der Waals surface area contributed by atoms with Gasteiger partial charge in [0.1, 0.15) is 11.5 Å². The normalized spacial score (nSPS) is 15.4. The summed E-state index contributed by atoms with van der Waals surface area (Å²) in [6.45, 7) is 3.53. The third-order valence-corrected chi connectivity index (χ3v) is 4.88. The third kappa shape index (κ3) is 3.83. The van der Waals surface area contributed by atoms with Gasteiger partial charge >= 0.3 is 0 Å². The fourth-order valence-electron chi connectivity index (χ4n) is 3.34. The molecule has 0 radical (unpaired) electrons. The Bertz CT molecular complexity index is 1050. The van der Waals surface area contributed by atoms with Gasteiger partial charge in [0.15, 0.2) is 0 Å². The molecule has 4 amide bonds. The van der Waals surface area contributed by atoms with Crippen molar-refractivity contribution in [2.45, 2.75) is 13.8 Å². The van der Waals surface area contributed by atoms with Gasteiger partial charge in [-0.15, -0.1) is 0 Å². The fraction of sp³-hybridized carbons (Fsp3) is 0.130. The van der Waals surface area contributed by atoms with Crippen LogP contribution in [0.5, 0.6) is 11.5 Å². The largest absolute Gasteiger partial charge is 0.457 e. The lowest BCUT2D eigenvalue weighted by molar-refractivity contribution is -0.121. The minimum Gasteiger partial charge on any atom is -0.457 e. The summed E-state index contributed by atoms with van der Waals surface area (Å²) in [4.78, 5) is 49.4. The average Bonchev–Trinajstić information content (AvgIpc) is 3.24. The number of hydrogen-bond donors (Lipinski definition) is 0. The maximum Gasteiger partial charge on any atom is 0.258 e. The first-order chi connectivity index (χ1) is 14.8. The lowest BCUT2D eigenvalue weighted by Crippen LogP contribution is -2.29. The average molecular weight is 418 g/mol. The van der Waals surface area contributed by atoms with Gasteiger partial charge in [-0.3, -0.25) is 19.2 Å². The van der Waals surface area contributed by atoms with Crippen molar-refractivity contribution in [3.63, 3.8) is 0 Å². The zero-order valence-electron chi connectivity index (χ0n) is 16.8. The number of benzene rings is 2. The van der Waals surface area contributed by atoms with E-state index in [-0.39, 0.29) is 30.4 Å². The number of anilines is 2. The molecule has 2 aliphatic rings. The van der Waals surface area contributed by atoms with Gasteiger partial charge in [0.2, 0.25) is 6.79 Å². The van der Waals surface area contributed by atoms with E-state index >= 15 is 0 Å². The van der Waals surface area contributed by atoms with Gasteiger partial charge < -0.3 is 9.47 Å². The van der Waals surface area contributed by atoms with Gasteiger partial charge in [-0.05, 0) is 61.4 Å². The summed E-state index contributed by atoms with van der Waals surface area (Å²) >= 11 is 0. The van der Waals surface area contributed by atoms with Gasteiger partial charge in [-0.1, -0.05) is 0 Å². The molecular formula is C23H18N2O6. The number of carbonyl (C=O) groups is 4. The molecule has 0 spiro atoms. The lowest BCUT2D eigenvalue weighted by atomic mass is 10.2. The van der Waals surface area contributed by atoms with Crippen molar-refractivity contribution in [3.8, 4) is 11.5 Å². The highest BCUT2D eigenvalue weighted by Gasteiger charge is 2.26. The summed E-state index contributed by atoms with van der Waals surface area (Å²) in [5, 5.41) is 0. The quantitative estimate of drug-likeness (QED) is 0.529. The van der Waals surface area contributed by atoms with Crippen LogP contribution in [-0.4, -0.2) is 30.4 Å². The van der Waals surface area contributed by atoms with E-state index in [0.29, 0.717) is 22.9 Å². The van der Waals surface area contributed by atoms with Crippen LogP contribution in [0.3, 0.4) is 0 Å². The zero-order valence-corrected chi connectivity index (χ0v) is 16.8. The maximum absolute atomic E-state index is 11.8. The molecule has 0 N–H and O–H groups in total. The molecule has 8 nitrogen and oxygen atoms in total. The number of nitrogens with zero attached hydrogens (tertiary/aromatic N) is 2. The van der Waals surface area contributed by atoms with E-state index in [2.05, 4.69) is 0 Å². The molecular weight excluding hydrogens is 400 g/mol. The second kappa shape index (κ2) is 7.91. The summed E-state index contributed by atoms with van der Waals surface area (Å²) in [5.41, 5.74) is 2.41. The second-order valence-corrected chi connectivity index (χ2v) is 7.00. The van der Waals surface area contributed by atoms with Crippen LogP contribution >= 0.6 is 0 Å². The van der Waals surface area contributed by atoms with Gasteiger partial charge in [-0.25, -0.2) is 9.80 Å². The van der Waals surface area contributed by atoms with Gasteiger partial charge in [0, 0.05) is 24.3 Å². The Morgan fingerprint density at radius 2 is 0.968 bits per heavy atom. The summed E-state index contributed by atoms with van der Waals surface area (Å²) in [6, 6.07) is 9.97. The number of rotatable bonds is 6. The minimum atomic E-state index is -0.381. The number of hydrogen-bond acceptors (Lipinski definition) is 6. The first kappa shape index (κ1) is 20.1. The molecule has 2 aromatic carbocycles. The summed E-state index contributed by atoms with van der Waals surface area (Å²) in [6.07, 6.45) is 4.93. The predicted molar refractivity (Wildman–Crippen MR) is 112 cm³/mol. The van der Waals surface area contributed by atoms with E-state index in [0.717, 1.165) is 20.9 Å². The van der Waals surface area contributed by atoms with Crippen molar-refractivity contribution in [2.75, 3.05) is 16.6 Å². The Morgan fingerprint density at radius 1 is 0.613 bits per heavy atom. The number of imide groups is 2. The Kier molecular flexibility index (Phi) is 5.12. The van der Waals surface area contributed by atoms with Gasteiger partial charge in [0.05, 0.1) is 11.4 Å². The molecule has 2 aromatic rings. The topological polar surface area (TPSA) is 93.2 Å². The van der Waals surface area contributed by atoms with Crippen LogP contribution in [0.1, 0.15) is 11.1 Å². The molecule has 0 atom stereocenters. The summed E-state index contributed by atoms with van der Waals surface area (Å²) in [7, 11) is 0. The number of carbonyl (C=O) groups excluding carboxylic acids is 4. The van der Waals surface area contributed by atoms with Crippen molar-refractivity contribution in [1.82, 2.24) is 0 Å². The van der Waals surface area contributed by atoms with Crippen molar-refractivity contribution >= 4 is 35.0 Å². The van der Waals surface area contributed by atoms with E-state index in [4.69, 9.17) is 9.47 Å². The van der Waals surface area contributed by atoms with E-state index in [9.17, 15) is 19.2 Å². The van der Waals surface area contributed by atoms with Crippen LogP contribution in [0.4, 0.5) is 11.4 Å². The van der Waals surface area contributed by atoms with Crippen LogP contribution in [0, 0.1) is 13.8 Å². The molecule has 0 saturated carbocycles. The molecule has 4 rings (SSSR count). The monoisotopic (exact) mass is 418 g/mol. The van der Waals surface area contributed by atoms with E-state index in [1.54, 1.807) is 50.2 Å². The summed E-state index contributed by atoms with van der Waals surface area (Å²) in [5.74, 6) is -0.433. The first-order valence-corrected chi connectivity index (χ1v) is 9.44. The van der Waals surface area contributed by atoms with E-state index in [1.807, 2.05) is 0 Å². The molecule has 8 heteroatoms. The van der Waals surface area contributed by atoms with Crippen molar-refractivity contribution in [3.05, 3.63) is 71.8 Å². The highest BCUT2D eigenvalue weighted by molar-refractivity contribution is 6.28. The van der Waals surface area contributed by atoms with Gasteiger partial charge in [-0.2, -0.15) is 0 Å². The lowest BCUT2D eigenvalue weighted by Gasteiger charge is -2.18. The Hall–Kier alpha value is -4.20. The first-order valence-electron chi connectivity index (χ1n) is 9.44. The van der Waals surface area contributed by atoms with Crippen LogP contribution < -0.4 is 19.3 Å². The number of ether oxygens (including phenoxy) is 2. The second-order valence-electron chi connectivity index (χ2n) is 7.00. The molecule has 2 heterocycles. The van der Waals surface area contributed by atoms with E-state index < -0.39 is 0 Å². The van der Waals surface area contributed by atoms with Crippen LogP contribution in [0.25, 0.3) is 0 Å². The highest BCUT2D eigenvalue weighted by atomic mass is 16.7. The molecule has 0 unspecified atom stereocenters.